The number of pyridine rings is 2. The Labute approximate surface area is 130 Å². The van der Waals surface area contributed by atoms with E-state index in [1.54, 1.807) is 0 Å². The Morgan fingerprint density at radius 1 is 1.26 bits per heavy atom. The van der Waals surface area contributed by atoms with E-state index >= 15 is 0 Å². The lowest BCUT2D eigenvalue weighted by atomic mass is 10.1. The van der Waals surface area contributed by atoms with Gasteiger partial charge in [-0.15, -0.1) is 0 Å². The second kappa shape index (κ2) is 5.12. The minimum atomic E-state index is -0.602. The first-order valence-corrected chi connectivity index (χ1v) is 7.26. The van der Waals surface area contributed by atoms with Gasteiger partial charge in [0.05, 0.1) is 23.9 Å². The van der Waals surface area contributed by atoms with Gasteiger partial charge in [0, 0.05) is 23.6 Å². The summed E-state index contributed by atoms with van der Waals surface area (Å²) in [5.41, 5.74) is 1.04. The average Bonchev–Trinajstić information content (AvgIpc) is 3.40. The van der Waals surface area contributed by atoms with Crippen molar-refractivity contribution in [1.29, 1.82) is 0 Å². The van der Waals surface area contributed by atoms with Gasteiger partial charge in [0.2, 0.25) is 11.4 Å². The Morgan fingerprint density at radius 3 is 2.83 bits per heavy atom. The van der Waals surface area contributed by atoms with Crippen molar-refractivity contribution in [2.24, 2.45) is 0 Å². The molecule has 0 amide bonds. The molecule has 1 fully saturated rings. The maximum atomic E-state index is 15.0. The van der Waals surface area contributed by atoms with Gasteiger partial charge >= 0.3 is 0 Å². The van der Waals surface area contributed by atoms with E-state index in [1.165, 1.54) is 31.8 Å². The summed E-state index contributed by atoms with van der Waals surface area (Å²) in [6.45, 7) is 0. The van der Waals surface area contributed by atoms with Crippen LogP contribution in [-0.4, -0.2) is 27.0 Å². The second-order valence-corrected chi connectivity index (χ2v) is 5.49. The first kappa shape index (κ1) is 13.8. The van der Waals surface area contributed by atoms with Gasteiger partial charge in [0.15, 0.2) is 5.82 Å². The van der Waals surface area contributed by atoms with Gasteiger partial charge in [0.25, 0.3) is 0 Å². The topological polar surface area (TPSA) is 80.8 Å². The minimum absolute atomic E-state index is 0.0960. The highest BCUT2D eigenvalue weighted by atomic mass is 19.1. The molecule has 1 N–H and O–H groups in total. The predicted octanol–water partition coefficient (Wildman–Crippen LogP) is 2.41. The summed E-state index contributed by atoms with van der Waals surface area (Å²) in [7, 11) is 1.48. The lowest BCUT2D eigenvalue weighted by molar-refractivity contribution is 0.397. The van der Waals surface area contributed by atoms with Gasteiger partial charge in [-0.2, -0.15) is 0 Å². The number of nitrogens with zero attached hydrogens (tertiary/aromatic N) is 3. The molecule has 1 aliphatic rings. The number of hydrogen-bond acceptors (Lipinski definition) is 5. The highest BCUT2D eigenvalue weighted by Crippen LogP contribution is 2.45. The van der Waals surface area contributed by atoms with E-state index in [4.69, 9.17) is 4.74 Å². The lowest BCUT2D eigenvalue weighted by Crippen LogP contribution is -2.07. The van der Waals surface area contributed by atoms with Gasteiger partial charge in [-0.05, 0) is 18.9 Å². The van der Waals surface area contributed by atoms with Crippen molar-refractivity contribution in [2.75, 3.05) is 7.11 Å². The summed E-state index contributed by atoms with van der Waals surface area (Å²) in [6.07, 6.45) is 4.93. The zero-order valence-corrected chi connectivity index (χ0v) is 12.3. The van der Waals surface area contributed by atoms with Crippen LogP contribution >= 0.6 is 0 Å². The molecule has 6 nitrogen and oxygen atoms in total. The fourth-order valence-corrected chi connectivity index (χ4v) is 2.68. The molecule has 0 saturated heterocycles. The van der Waals surface area contributed by atoms with E-state index in [0.717, 1.165) is 18.5 Å². The van der Waals surface area contributed by atoms with Crippen LogP contribution in [0.2, 0.25) is 0 Å². The predicted molar refractivity (Wildman–Crippen MR) is 81.9 cm³/mol. The van der Waals surface area contributed by atoms with Gasteiger partial charge in [-0.3, -0.25) is 9.78 Å². The average molecular weight is 312 g/mol. The van der Waals surface area contributed by atoms with Crippen molar-refractivity contribution < 1.29 is 9.13 Å². The van der Waals surface area contributed by atoms with Crippen molar-refractivity contribution in [3.8, 4) is 17.1 Å². The molecule has 0 radical (unpaired) electrons. The van der Waals surface area contributed by atoms with Crippen LogP contribution in [0.5, 0.6) is 5.88 Å². The lowest BCUT2D eigenvalue weighted by Gasteiger charge is -2.12. The van der Waals surface area contributed by atoms with E-state index in [-0.39, 0.29) is 28.6 Å². The first-order valence-electron chi connectivity index (χ1n) is 7.26. The van der Waals surface area contributed by atoms with Crippen LogP contribution in [0.25, 0.3) is 22.2 Å². The van der Waals surface area contributed by atoms with Gasteiger partial charge in [-0.25, -0.2) is 14.4 Å². The number of methoxy groups -OCH3 is 1. The van der Waals surface area contributed by atoms with Crippen LogP contribution in [0, 0.1) is 5.82 Å². The maximum absolute atomic E-state index is 15.0. The van der Waals surface area contributed by atoms with Crippen LogP contribution in [0.15, 0.2) is 29.5 Å². The standard InChI is InChI=1S/C16H13FN4O2/c1-23-16-11(13(8-2-3-8)19-7-20-16)15-12(17)14-9(6-18-15)4-5-10(22)21-14/h4-8H,2-3H2,1H3,(H,21,22). The largest absolute Gasteiger partial charge is 0.480 e. The van der Waals surface area contributed by atoms with E-state index < -0.39 is 5.82 Å². The Kier molecular flexibility index (Phi) is 3.07. The van der Waals surface area contributed by atoms with E-state index in [1.807, 2.05) is 0 Å². The normalized spacial score (nSPS) is 14.2. The first-order chi connectivity index (χ1) is 11.2. The van der Waals surface area contributed by atoms with Crippen molar-refractivity contribution in [1.82, 2.24) is 19.9 Å². The summed E-state index contributed by atoms with van der Waals surface area (Å²) >= 11 is 0. The number of fused-ring (bicyclic) bond motifs is 1. The van der Waals surface area contributed by atoms with Crippen LogP contribution < -0.4 is 10.3 Å². The molecule has 4 rings (SSSR count). The number of halogens is 1. The van der Waals surface area contributed by atoms with Crippen LogP contribution in [-0.2, 0) is 0 Å². The van der Waals surface area contributed by atoms with Gasteiger partial charge in [0.1, 0.15) is 12.0 Å². The van der Waals surface area contributed by atoms with E-state index in [0.29, 0.717) is 10.9 Å². The second-order valence-electron chi connectivity index (χ2n) is 5.49. The van der Waals surface area contributed by atoms with Crippen molar-refractivity contribution in [3.63, 3.8) is 0 Å². The Hall–Kier alpha value is -2.83. The molecule has 0 aliphatic heterocycles. The molecule has 1 aliphatic carbocycles. The fraction of sp³-hybridized carbons (Fsp3) is 0.250. The van der Waals surface area contributed by atoms with Crippen LogP contribution in [0.1, 0.15) is 24.5 Å². The highest BCUT2D eigenvalue weighted by Gasteiger charge is 2.32. The Bertz CT molecular complexity index is 966. The third kappa shape index (κ3) is 2.25. The zero-order valence-electron chi connectivity index (χ0n) is 12.3. The Balaban J connectivity index is 2.03. The number of H-pyrrole nitrogens is 1. The number of aromatic amines is 1. The molecule has 0 bridgehead atoms. The molecule has 23 heavy (non-hydrogen) atoms. The number of hydrogen-bond donors (Lipinski definition) is 1. The summed E-state index contributed by atoms with van der Waals surface area (Å²) < 4.78 is 20.3. The third-order valence-corrected chi connectivity index (χ3v) is 3.95. The van der Waals surface area contributed by atoms with Crippen molar-refractivity contribution in [2.45, 2.75) is 18.8 Å². The number of ether oxygens (including phenoxy) is 1. The minimum Gasteiger partial charge on any atom is -0.480 e. The maximum Gasteiger partial charge on any atom is 0.248 e. The van der Waals surface area contributed by atoms with Gasteiger partial charge < -0.3 is 9.72 Å². The summed E-state index contributed by atoms with van der Waals surface area (Å²) in [4.78, 5) is 26.6. The summed E-state index contributed by atoms with van der Waals surface area (Å²) in [5, 5.41) is 0.523. The third-order valence-electron chi connectivity index (χ3n) is 3.95. The molecule has 3 aromatic rings. The fourth-order valence-electron chi connectivity index (χ4n) is 2.68. The molecule has 3 heterocycles. The molecular formula is C16H13FN4O2. The zero-order chi connectivity index (χ0) is 16.0. The summed E-state index contributed by atoms with van der Waals surface area (Å²) in [6, 6.07) is 2.87. The molecule has 3 aromatic heterocycles. The number of rotatable bonds is 3. The monoisotopic (exact) mass is 312 g/mol. The molecule has 0 aromatic carbocycles. The number of nitrogens with one attached hydrogen (secondary N) is 1. The molecule has 7 heteroatoms. The highest BCUT2D eigenvalue weighted by molar-refractivity contribution is 5.84. The Morgan fingerprint density at radius 2 is 2.09 bits per heavy atom. The smallest absolute Gasteiger partial charge is 0.248 e. The van der Waals surface area contributed by atoms with Crippen LogP contribution in [0.4, 0.5) is 4.39 Å². The van der Waals surface area contributed by atoms with Crippen molar-refractivity contribution >= 4 is 10.9 Å². The van der Waals surface area contributed by atoms with Gasteiger partial charge in [-0.1, -0.05) is 0 Å². The van der Waals surface area contributed by atoms with Crippen LogP contribution in [0.3, 0.4) is 0 Å². The molecule has 0 atom stereocenters. The van der Waals surface area contributed by atoms with Crippen molar-refractivity contribution in [3.05, 3.63) is 46.5 Å². The molecule has 116 valence electrons. The molecule has 0 unspecified atom stereocenters. The summed E-state index contributed by atoms with van der Waals surface area (Å²) in [5.74, 6) is -0.0465. The van der Waals surface area contributed by atoms with E-state index in [2.05, 4.69) is 19.9 Å². The molecule has 1 saturated carbocycles. The number of aromatic nitrogens is 4. The quantitative estimate of drug-likeness (QED) is 0.803. The van der Waals surface area contributed by atoms with E-state index in [9.17, 15) is 9.18 Å². The molecule has 0 spiro atoms. The SMILES string of the molecule is COc1ncnc(C2CC2)c1-c1ncc2ccc(=O)[nH]c2c1F. The molecular weight excluding hydrogens is 299 g/mol.